The van der Waals surface area contributed by atoms with Crippen molar-refractivity contribution in [1.29, 1.82) is 0 Å². The molecule has 7 nitrogen and oxygen atoms in total. The lowest BCUT2D eigenvalue weighted by Gasteiger charge is -2.32. The standard InChI is InChI=1S/C20H23ClN6O/c1-13(2)19-24-23-17-7-8-18(25-27(17)19)26-11-9-14(10-12-26)20(28)22-16-6-4-3-5-15(16)21/h3-8,13-14H,9-12H2,1-2H3,(H,22,28). The van der Waals surface area contributed by atoms with Gasteiger partial charge in [0.15, 0.2) is 11.5 Å². The number of anilines is 2. The van der Waals surface area contributed by atoms with Crippen molar-refractivity contribution in [3.8, 4) is 0 Å². The molecule has 4 rings (SSSR count). The molecule has 0 bridgehead atoms. The van der Waals surface area contributed by atoms with Gasteiger partial charge in [-0.25, -0.2) is 0 Å². The zero-order chi connectivity index (χ0) is 19.7. The highest BCUT2D eigenvalue weighted by Gasteiger charge is 2.26. The normalized spacial score (nSPS) is 15.4. The molecule has 1 amide bonds. The molecule has 0 radical (unpaired) electrons. The van der Waals surface area contributed by atoms with Gasteiger partial charge in [0.25, 0.3) is 0 Å². The van der Waals surface area contributed by atoms with Crippen LogP contribution in [0.4, 0.5) is 11.5 Å². The molecule has 146 valence electrons. The van der Waals surface area contributed by atoms with Crippen LogP contribution in [0.5, 0.6) is 0 Å². The molecule has 1 N–H and O–H groups in total. The SMILES string of the molecule is CC(C)c1nnc2ccc(N3CCC(C(=O)Nc4ccccc4Cl)CC3)nn12. The van der Waals surface area contributed by atoms with E-state index in [1.54, 1.807) is 6.07 Å². The van der Waals surface area contributed by atoms with Gasteiger partial charge in [-0.15, -0.1) is 15.3 Å². The smallest absolute Gasteiger partial charge is 0.227 e. The van der Waals surface area contributed by atoms with E-state index in [0.29, 0.717) is 10.7 Å². The Bertz CT molecular complexity index is 993. The van der Waals surface area contributed by atoms with Crippen LogP contribution in [0.2, 0.25) is 5.02 Å². The Morgan fingerprint density at radius 2 is 1.89 bits per heavy atom. The summed E-state index contributed by atoms with van der Waals surface area (Å²) in [6.07, 6.45) is 1.55. The predicted molar refractivity (Wildman–Crippen MR) is 110 cm³/mol. The van der Waals surface area contributed by atoms with Crippen LogP contribution < -0.4 is 10.2 Å². The summed E-state index contributed by atoms with van der Waals surface area (Å²) < 4.78 is 1.82. The average Bonchev–Trinajstić information content (AvgIpc) is 3.13. The minimum absolute atomic E-state index is 0.0251. The largest absolute Gasteiger partial charge is 0.355 e. The van der Waals surface area contributed by atoms with Crippen molar-refractivity contribution < 1.29 is 4.79 Å². The van der Waals surface area contributed by atoms with Crippen LogP contribution in [-0.2, 0) is 4.79 Å². The van der Waals surface area contributed by atoms with E-state index >= 15 is 0 Å². The highest BCUT2D eigenvalue weighted by molar-refractivity contribution is 6.33. The molecule has 1 saturated heterocycles. The van der Waals surface area contributed by atoms with Crippen LogP contribution in [0, 0.1) is 5.92 Å². The van der Waals surface area contributed by atoms with E-state index in [0.717, 1.165) is 43.2 Å². The number of amides is 1. The van der Waals surface area contributed by atoms with Gasteiger partial charge in [-0.2, -0.15) is 4.52 Å². The fraction of sp³-hybridized carbons (Fsp3) is 0.400. The minimum atomic E-state index is -0.0302. The predicted octanol–water partition coefficient (Wildman–Crippen LogP) is 3.76. The van der Waals surface area contributed by atoms with E-state index in [2.05, 4.69) is 34.3 Å². The fourth-order valence-electron chi connectivity index (χ4n) is 3.49. The van der Waals surface area contributed by atoms with E-state index in [9.17, 15) is 4.79 Å². The lowest BCUT2D eigenvalue weighted by Crippen LogP contribution is -2.38. The van der Waals surface area contributed by atoms with Gasteiger partial charge < -0.3 is 10.2 Å². The number of nitrogens with zero attached hydrogens (tertiary/aromatic N) is 5. The summed E-state index contributed by atoms with van der Waals surface area (Å²) in [4.78, 5) is 14.8. The van der Waals surface area contributed by atoms with Crippen LogP contribution in [0.3, 0.4) is 0 Å². The highest BCUT2D eigenvalue weighted by Crippen LogP contribution is 2.26. The molecule has 0 saturated carbocycles. The molecular formula is C20H23ClN6O. The van der Waals surface area contributed by atoms with Crippen LogP contribution in [0.1, 0.15) is 38.4 Å². The summed E-state index contributed by atoms with van der Waals surface area (Å²) in [6.45, 7) is 5.71. The van der Waals surface area contributed by atoms with Crippen LogP contribution in [-0.4, -0.2) is 38.8 Å². The second-order valence-corrected chi connectivity index (χ2v) is 7.81. The number of hydrogen-bond acceptors (Lipinski definition) is 5. The molecule has 1 fully saturated rings. The number of fused-ring (bicyclic) bond motifs is 1. The van der Waals surface area contributed by atoms with Crippen molar-refractivity contribution in [3.05, 3.63) is 47.2 Å². The molecule has 1 aromatic carbocycles. The Hall–Kier alpha value is -2.67. The van der Waals surface area contributed by atoms with E-state index in [-0.39, 0.29) is 17.7 Å². The molecule has 0 atom stereocenters. The van der Waals surface area contributed by atoms with E-state index in [1.165, 1.54) is 0 Å². The van der Waals surface area contributed by atoms with Crippen molar-refractivity contribution in [2.45, 2.75) is 32.6 Å². The van der Waals surface area contributed by atoms with Gasteiger partial charge in [-0.1, -0.05) is 37.6 Å². The van der Waals surface area contributed by atoms with Gasteiger partial charge in [-0.05, 0) is 37.1 Å². The molecule has 1 aliphatic rings. The zero-order valence-corrected chi connectivity index (χ0v) is 16.7. The molecule has 28 heavy (non-hydrogen) atoms. The van der Waals surface area contributed by atoms with Crippen LogP contribution >= 0.6 is 11.6 Å². The maximum Gasteiger partial charge on any atom is 0.227 e. The van der Waals surface area contributed by atoms with Gasteiger partial charge in [0, 0.05) is 24.9 Å². The third-order valence-electron chi connectivity index (χ3n) is 5.11. The van der Waals surface area contributed by atoms with E-state index in [4.69, 9.17) is 16.7 Å². The van der Waals surface area contributed by atoms with Crippen molar-refractivity contribution >= 4 is 34.7 Å². The second kappa shape index (κ2) is 7.75. The van der Waals surface area contributed by atoms with E-state index < -0.39 is 0 Å². The van der Waals surface area contributed by atoms with Gasteiger partial charge in [-0.3, -0.25) is 4.79 Å². The zero-order valence-electron chi connectivity index (χ0n) is 16.0. The summed E-state index contributed by atoms with van der Waals surface area (Å²) in [5.41, 5.74) is 1.42. The first kappa shape index (κ1) is 18.7. The summed E-state index contributed by atoms with van der Waals surface area (Å²) >= 11 is 6.14. The third kappa shape index (κ3) is 3.67. The number of nitrogens with one attached hydrogen (secondary N) is 1. The Balaban J connectivity index is 1.42. The number of benzene rings is 1. The first-order chi connectivity index (χ1) is 13.5. The van der Waals surface area contributed by atoms with Crippen LogP contribution in [0.25, 0.3) is 5.65 Å². The number of piperidine rings is 1. The second-order valence-electron chi connectivity index (χ2n) is 7.40. The monoisotopic (exact) mass is 398 g/mol. The topological polar surface area (TPSA) is 75.4 Å². The van der Waals surface area contributed by atoms with Gasteiger partial charge in [0.1, 0.15) is 5.82 Å². The van der Waals surface area contributed by atoms with Gasteiger partial charge >= 0.3 is 0 Å². The molecular weight excluding hydrogens is 376 g/mol. The Morgan fingerprint density at radius 3 is 2.61 bits per heavy atom. The maximum absolute atomic E-state index is 12.6. The average molecular weight is 399 g/mol. The van der Waals surface area contributed by atoms with Crippen molar-refractivity contribution in [1.82, 2.24) is 19.8 Å². The first-order valence-corrected chi connectivity index (χ1v) is 9.93. The minimum Gasteiger partial charge on any atom is -0.355 e. The fourth-order valence-corrected chi connectivity index (χ4v) is 3.68. The summed E-state index contributed by atoms with van der Waals surface area (Å²) in [6, 6.07) is 11.2. The Morgan fingerprint density at radius 1 is 1.14 bits per heavy atom. The number of para-hydroxylation sites is 1. The van der Waals surface area contributed by atoms with Crippen molar-refractivity contribution in [3.63, 3.8) is 0 Å². The van der Waals surface area contributed by atoms with Crippen molar-refractivity contribution in [2.75, 3.05) is 23.3 Å². The summed E-state index contributed by atoms with van der Waals surface area (Å²) in [5.74, 6) is 1.98. The third-order valence-corrected chi connectivity index (χ3v) is 5.44. The molecule has 2 aromatic heterocycles. The number of halogens is 1. The number of aromatic nitrogens is 4. The molecule has 1 aliphatic heterocycles. The lowest BCUT2D eigenvalue weighted by molar-refractivity contribution is -0.120. The Kier molecular flexibility index (Phi) is 5.17. The number of carbonyl (C=O) groups is 1. The summed E-state index contributed by atoms with van der Waals surface area (Å²) in [7, 11) is 0. The van der Waals surface area contributed by atoms with E-state index in [1.807, 2.05) is 34.8 Å². The maximum atomic E-state index is 12.6. The molecule has 0 aliphatic carbocycles. The molecule has 3 heterocycles. The van der Waals surface area contributed by atoms with Gasteiger partial charge in [0.05, 0.1) is 10.7 Å². The van der Waals surface area contributed by atoms with Gasteiger partial charge in [0.2, 0.25) is 5.91 Å². The Labute approximate surface area is 168 Å². The number of hydrogen-bond donors (Lipinski definition) is 1. The molecule has 0 unspecified atom stereocenters. The highest BCUT2D eigenvalue weighted by atomic mass is 35.5. The lowest BCUT2D eigenvalue weighted by atomic mass is 9.96. The van der Waals surface area contributed by atoms with Crippen LogP contribution in [0.15, 0.2) is 36.4 Å². The molecule has 3 aromatic rings. The number of rotatable bonds is 4. The molecule has 0 spiro atoms. The quantitative estimate of drug-likeness (QED) is 0.724. The van der Waals surface area contributed by atoms with Crippen molar-refractivity contribution in [2.24, 2.45) is 5.92 Å². The molecule has 8 heteroatoms. The number of carbonyl (C=O) groups excluding carboxylic acids is 1. The summed E-state index contributed by atoms with van der Waals surface area (Å²) in [5, 5.41) is 16.6. The first-order valence-electron chi connectivity index (χ1n) is 9.55.